The molecule has 0 aliphatic carbocycles. The zero-order chi connectivity index (χ0) is 6.41. The van der Waals surface area contributed by atoms with E-state index in [0.29, 0.717) is 0 Å². The molecule has 0 radical (unpaired) electrons. The molecule has 1 aliphatic rings. The van der Waals surface area contributed by atoms with Gasteiger partial charge in [0.05, 0.1) is 0 Å². The quantitative estimate of drug-likeness (QED) is 0.531. The van der Waals surface area contributed by atoms with Gasteiger partial charge in [-0.15, -0.1) is 0 Å². The standard InChI is InChI=1S/CH4O5P2/c1-7(2)5-8(3,4)6-7/h1H3,(H,3,4). The van der Waals surface area contributed by atoms with E-state index in [1.165, 1.54) is 0 Å². The van der Waals surface area contributed by atoms with Gasteiger partial charge in [0.15, 0.2) is 0 Å². The molecule has 1 rings (SSSR count). The molecule has 0 aromatic heterocycles. The van der Waals surface area contributed by atoms with Gasteiger partial charge in [-0.3, -0.25) is 4.57 Å². The first-order valence-corrected chi connectivity index (χ1v) is 5.23. The van der Waals surface area contributed by atoms with Crippen molar-refractivity contribution in [2.45, 2.75) is 0 Å². The largest absolute Gasteiger partial charge is 0.486 e. The maximum Gasteiger partial charge on any atom is 0.486 e. The average Bonchev–Trinajstić information content (AvgIpc) is 1.20. The van der Waals surface area contributed by atoms with Crippen LogP contribution < -0.4 is 0 Å². The Morgan fingerprint density at radius 2 is 1.75 bits per heavy atom. The minimum absolute atomic E-state index is 1.12. The summed E-state index contributed by atoms with van der Waals surface area (Å²) in [5.41, 5.74) is 0. The summed E-state index contributed by atoms with van der Waals surface area (Å²) in [6, 6.07) is 0. The fourth-order valence-corrected chi connectivity index (χ4v) is 3.43. The fraction of sp³-hybridized carbons (Fsp3) is 1.00. The van der Waals surface area contributed by atoms with Gasteiger partial charge in [-0.25, -0.2) is 13.2 Å². The van der Waals surface area contributed by atoms with Crippen molar-refractivity contribution >= 4 is 15.4 Å². The molecule has 0 aromatic carbocycles. The molecule has 1 aliphatic heterocycles. The molecule has 0 saturated carbocycles. The minimum atomic E-state index is -3.85. The summed E-state index contributed by atoms with van der Waals surface area (Å²) >= 11 is 0. The molecule has 1 fully saturated rings. The van der Waals surface area contributed by atoms with Gasteiger partial charge in [0.1, 0.15) is 0 Å². The summed E-state index contributed by atoms with van der Waals surface area (Å²) in [7, 11) is -6.95. The highest BCUT2D eigenvalue weighted by molar-refractivity contribution is 7.76. The molecule has 8 heavy (non-hydrogen) atoms. The van der Waals surface area contributed by atoms with Crippen LogP contribution in [0.5, 0.6) is 0 Å². The van der Waals surface area contributed by atoms with E-state index in [2.05, 4.69) is 8.62 Å². The predicted octanol–water partition coefficient (Wildman–Crippen LogP) is 0.956. The second-order valence-corrected chi connectivity index (χ2v) is 5.19. The Balaban J connectivity index is 2.68. The molecule has 0 amide bonds. The SMILES string of the molecule is CP1(=O)OP(=O)(O)O1. The van der Waals surface area contributed by atoms with Gasteiger partial charge in [0.25, 0.3) is 0 Å². The van der Waals surface area contributed by atoms with E-state index in [-0.39, 0.29) is 0 Å². The van der Waals surface area contributed by atoms with E-state index >= 15 is 0 Å². The highest BCUT2D eigenvalue weighted by atomic mass is 31.3. The Bertz CT molecular complexity index is 161. The highest BCUT2D eigenvalue weighted by Gasteiger charge is 2.48. The van der Waals surface area contributed by atoms with Crippen molar-refractivity contribution in [1.29, 1.82) is 0 Å². The molecule has 1 saturated heterocycles. The van der Waals surface area contributed by atoms with E-state index in [1.54, 1.807) is 0 Å². The second-order valence-electron chi connectivity index (χ2n) is 1.40. The lowest BCUT2D eigenvalue weighted by Crippen LogP contribution is -2.02. The summed E-state index contributed by atoms with van der Waals surface area (Å²) in [5, 5.41) is 0. The zero-order valence-electron chi connectivity index (χ0n) is 3.97. The first-order valence-electron chi connectivity index (χ1n) is 1.74. The maximum atomic E-state index is 10.3. The Labute approximate surface area is 45.8 Å². The number of hydrogen-bond acceptors (Lipinski definition) is 4. The van der Waals surface area contributed by atoms with Crippen molar-refractivity contribution in [2.75, 3.05) is 6.66 Å². The number of rotatable bonds is 0. The van der Waals surface area contributed by atoms with Crippen LogP contribution in [0.1, 0.15) is 0 Å². The molecule has 0 atom stereocenters. The third-order valence-corrected chi connectivity index (χ3v) is 4.53. The predicted molar refractivity (Wildman–Crippen MR) is 25.5 cm³/mol. The topological polar surface area (TPSA) is 72.8 Å². The van der Waals surface area contributed by atoms with Crippen molar-refractivity contribution in [3.8, 4) is 0 Å². The van der Waals surface area contributed by atoms with E-state index in [1.807, 2.05) is 0 Å². The molecule has 48 valence electrons. The van der Waals surface area contributed by atoms with E-state index in [4.69, 9.17) is 4.89 Å². The summed E-state index contributed by atoms with van der Waals surface area (Å²) < 4.78 is 28.3. The van der Waals surface area contributed by atoms with Crippen molar-refractivity contribution in [2.24, 2.45) is 0 Å². The first kappa shape index (κ1) is 6.46. The normalized spacial score (nSPS) is 55.2. The fourth-order valence-electron chi connectivity index (χ4n) is 0.381. The molecular weight excluding hydrogens is 154 g/mol. The molecular formula is CH4O5P2. The van der Waals surface area contributed by atoms with Gasteiger partial charge in [-0.05, 0) is 0 Å². The van der Waals surface area contributed by atoms with Crippen LogP contribution in [0.25, 0.3) is 0 Å². The van der Waals surface area contributed by atoms with Gasteiger partial charge in [0, 0.05) is 6.66 Å². The van der Waals surface area contributed by atoms with Crippen molar-refractivity contribution < 1.29 is 22.6 Å². The van der Waals surface area contributed by atoms with Crippen molar-refractivity contribution in [3.05, 3.63) is 0 Å². The van der Waals surface area contributed by atoms with Crippen molar-refractivity contribution in [1.82, 2.24) is 0 Å². The second kappa shape index (κ2) is 1.43. The van der Waals surface area contributed by atoms with E-state index < -0.39 is 15.4 Å². The lowest BCUT2D eigenvalue weighted by Gasteiger charge is -2.26. The van der Waals surface area contributed by atoms with E-state index in [0.717, 1.165) is 6.66 Å². The van der Waals surface area contributed by atoms with Crippen LogP contribution in [0.4, 0.5) is 0 Å². The Morgan fingerprint density at radius 1 is 1.38 bits per heavy atom. The molecule has 1 heterocycles. The summed E-state index contributed by atoms with van der Waals surface area (Å²) in [5.74, 6) is 0. The molecule has 0 unspecified atom stereocenters. The molecule has 0 aromatic rings. The van der Waals surface area contributed by atoms with Gasteiger partial charge >= 0.3 is 15.4 Å². The number of phosphoric acid groups is 1. The van der Waals surface area contributed by atoms with Crippen LogP contribution >= 0.6 is 15.4 Å². The summed E-state index contributed by atoms with van der Waals surface area (Å²) in [6.07, 6.45) is 0. The molecule has 1 N–H and O–H groups in total. The summed E-state index contributed by atoms with van der Waals surface area (Å²) in [6.45, 7) is 1.12. The lowest BCUT2D eigenvalue weighted by molar-refractivity contribution is 0.213. The Morgan fingerprint density at radius 3 is 1.75 bits per heavy atom. The van der Waals surface area contributed by atoms with Gasteiger partial charge < -0.3 is 4.89 Å². The third-order valence-electron chi connectivity index (χ3n) is 0.503. The smallest absolute Gasteiger partial charge is 0.302 e. The van der Waals surface area contributed by atoms with Crippen LogP contribution in [-0.2, 0) is 17.8 Å². The first-order chi connectivity index (χ1) is 3.41. The maximum absolute atomic E-state index is 10.3. The monoisotopic (exact) mass is 158 g/mol. The molecule has 0 spiro atoms. The summed E-state index contributed by atoms with van der Waals surface area (Å²) in [4.78, 5) is 8.19. The van der Waals surface area contributed by atoms with Crippen molar-refractivity contribution in [3.63, 3.8) is 0 Å². The molecule has 7 heteroatoms. The molecule has 0 bridgehead atoms. The van der Waals surface area contributed by atoms with Gasteiger partial charge in [-0.2, -0.15) is 0 Å². The molecule has 5 nitrogen and oxygen atoms in total. The lowest BCUT2D eigenvalue weighted by atomic mass is 12.0. The van der Waals surface area contributed by atoms with Crippen LogP contribution in [-0.4, -0.2) is 11.6 Å². The van der Waals surface area contributed by atoms with Crippen LogP contribution in [0.2, 0.25) is 0 Å². The van der Waals surface area contributed by atoms with Crippen LogP contribution in [0.3, 0.4) is 0 Å². The third kappa shape index (κ3) is 1.19. The number of hydrogen-bond donors (Lipinski definition) is 1. The van der Waals surface area contributed by atoms with Gasteiger partial charge in [0.2, 0.25) is 0 Å². The average molecular weight is 158 g/mol. The van der Waals surface area contributed by atoms with Gasteiger partial charge in [-0.1, -0.05) is 0 Å². The minimum Gasteiger partial charge on any atom is -0.302 e. The highest BCUT2D eigenvalue weighted by Crippen LogP contribution is 2.78. The zero-order valence-corrected chi connectivity index (χ0v) is 5.76. The van der Waals surface area contributed by atoms with Crippen LogP contribution in [0, 0.1) is 0 Å². The Kier molecular flexibility index (Phi) is 1.16. The Hall–Kier alpha value is 0.340. The van der Waals surface area contributed by atoms with Crippen LogP contribution in [0.15, 0.2) is 0 Å². The van der Waals surface area contributed by atoms with E-state index in [9.17, 15) is 9.13 Å².